The average Bonchev–Trinajstić information content (AvgIpc) is 2.12. The molecule has 1 unspecified atom stereocenters. The molecule has 0 saturated heterocycles. The van der Waals surface area contributed by atoms with E-state index in [4.69, 9.17) is 16.3 Å². The van der Waals surface area contributed by atoms with E-state index < -0.39 is 5.60 Å². The molecule has 5 heteroatoms. The molecule has 0 spiro atoms. The number of rotatable bonds is 5. The first-order valence-electron chi connectivity index (χ1n) is 5.07. The maximum absolute atomic E-state index is 5.96. The average molecular weight is 236 g/mol. The maximum atomic E-state index is 5.96. The van der Waals surface area contributed by atoms with Crippen LogP contribution in [-0.2, 0) is 4.74 Å². The number of hydrazine groups is 1. The Kier molecular flexibility index (Phi) is 6.17. The van der Waals surface area contributed by atoms with E-state index in [9.17, 15) is 0 Å². The standard InChI is InChI=1S/C10H22ClN3O/c1-7(11)8(2)15-10(3,4)9(12-5)14-13-6/h7-8,13H,1-6H3,(H,12,14)/t7?,8-/m0/s1. The van der Waals surface area contributed by atoms with Crippen LogP contribution in [0.1, 0.15) is 27.7 Å². The fourth-order valence-electron chi connectivity index (χ4n) is 1.21. The summed E-state index contributed by atoms with van der Waals surface area (Å²) >= 11 is 5.96. The zero-order chi connectivity index (χ0) is 12.1. The van der Waals surface area contributed by atoms with Crippen LogP contribution in [0, 0.1) is 0 Å². The minimum absolute atomic E-state index is 0.0305. The summed E-state index contributed by atoms with van der Waals surface area (Å²) in [5.41, 5.74) is 5.30. The van der Waals surface area contributed by atoms with E-state index in [0.29, 0.717) is 0 Å². The van der Waals surface area contributed by atoms with E-state index in [2.05, 4.69) is 15.8 Å². The number of ether oxygens (including phenoxy) is 1. The van der Waals surface area contributed by atoms with Gasteiger partial charge in [-0.2, -0.15) is 0 Å². The molecule has 0 fully saturated rings. The predicted octanol–water partition coefficient (Wildman–Crippen LogP) is 1.55. The van der Waals surface area contributed by atoms with Crippen LogP contribution in [-0.4, -0.2) is 37.0 Å². The van der Waals surface area contributed by atoms with Gasteiger partial charge in [0.05, 0.1) is 11.5 Å². The molecule has 0 aromatic carbocycles. The molecule has 0 aromatic rings. The van der Waals surface area contributed by atoms with Gasteiger partial charge >= 0.3 is 0 Å². The Bertz CT molecular complexity index is 217. The minimum Gasteiger partial charge on any atom is -0.363 e. The zero-order valence-electron chi connectivity index (χ0n) is 10.4. The molecule has 0 bridgehead atoms. The van der Waals surface area contributed by atoms with E-state index >= 15 is 0 Å². The molecule has 0 aromatic heterocycles. The molecule has 2 N–H and O–H groups in total. The second kappa shape index (κ2) is 6.30. The first kappa shape index (κ1) is 14.7. The second-order valence-corrected chi connectivity index (χ2v) is 4.65. The molecule has 0 aliphatic heterocycles. The van der Waals surface area contributed by atoms with Gasteiger partial charge in [0.1, 0.15) is 11.4 Å². The Hall–Kier alpha value is -0.320. The quantitative estimate of drug-likeness (QED) is 0.329. The normalized spacial score (nSPS) is 17.4. The number of nitrogens with zero attached hydrogens (tertiary/aromatic N) is 1. The first-order valence-corrected chi connectivity index (χ1v) is 5.50. The lowest BCUT2D eigenvalue weighted by Crippen LogP contribution is -2.50. The molecule has 2 atom stereocenters. The third-order valence-electron chi connectivity index (χ3n) is 2.16. The van der Waals surface area contributed by atoms with Crippen molar-refractivity contribution in [2.75, 3.05) is 14.1 Å². The highest BCUT2D eigenvalue weighted by Gasteiger charge is 2.29. The summed E-state index contributed by atoms with van der Waals surface area (Å²) in [5.74, 6) is 0.745. The summed E-state index contributed by atoms with van der Waals surface area (Å²) in [6.45, 7) is 7.77. The number of nitrogens with one attached hydrogen (secondary N) is 2. The Labute approximate surface area is 97.4 Å². The van der Waals surface area contributed by atoms with Crippen molar-refractivity contribution in [3.63, 3.8) is 0 Å². The van der Waals surface area contributed by atoms with E-state index in [1.807, 2.05) is 27.7 Å². The van der Waals surface area contributed by atoms with Crippen LogP contribution in [0.4, 0.5) is 0 Å². The molecule has 0 amide bonds. The van der Waals surface area contributed by atoms with Crippen molar-refractivity contribution >= 4 is 17.4 Å². The Morgan fingerprint density at radius 1 is 1.40 bits per heavy atom. The molecule has 0 aliphatic rings. The zero-order valence-corrected chi connectivity index (χ0v) is 11.1. The van der Waals surface area contributed by atoms with Crippen molar-refractivity contribution in [1.82, 2.24) is 10.9 Å². The molecule has 0 aliphatic carbocycles. The van der Waals surface area contributed by atoms with Gasteiger partial charge in [0, 0.05) is 14.1 Å². The van der Waals surface area contributed by atoms with Crippen molar-refractivity contribution in [3.8, 4) is 0 Å². The van der Waals surface area contributed by atoms with Gasteiger partial charge in [-0.05, 0) is 27.7 Å². The molecular formula is C10H22ClN3O. The van der Waals surface area contributed by atoms with E-state index in [1.54, 1.807) is 14.1 Å². The summed E-state index contributed by atoms with van der Waals surface area (Å²) in [5, 5.41) is -0.0306. The fraction of sp³-hybridized carbons (Fsp3) is 0.900. The lowest BCUT2D eigenvalue weighted by Gasteiger charge is -2.31. The van der Waals surface area contributed by atoms with Gasteiger partial charge in [0.25, 0.3) is 0 Å². The molecule has 0 radical (unpaired) electrons. The number of alkyl halides is 1. The fourth-order valence-corrected chi connectivity index (χ4v) is 1.26. The monoisotopic (exact) mass is 235 g/mol. The summed E-state index contributed by atoms with van der Waals surface area (Å²) < 4.78 is 5.84. The van der Waals surface area contributed by atoms with E-state index in [-0.39, 0.29) is 11.5 Å². The molecule has 90 valence electrons. The molecule has 0 saturated carbocycles. The van der Waals surface area contributed by atoms with Crippen LogP contribution >= 0.6 is 11.6 Å². The highest BCUT2D eigenvalue weighted by atomic mass is 35.5. The molecular weight excluding hydrogens is 214 g/mol. The third-order valence-corrected chi connectivity index (χ3v) is 2.52. The van der Waals surface area contributed by atoms with Crippen LogP contribution in [0.3, 0.4) is 0 Å². The van der Waals surface area contributed by atoms with Gasteiger partial charge in [-0.3, -0.25) is 4.99 Å². The topological polar surface area (TPSA) is 45.7 Å². The number of hydrogen-bond acceptors (Lipinski definition) is 3. The lowest BCUT2D eigenvalue weighted by atomic mass is 10.1. The third kappa shape index (κ3) is 4.82. The van der Waals surface area contributed by atoms with Gasteiger partial charge in [-0.1, -0.05) is 0 Å². The van der Waals surface area contributed by atoms with Gasteiger partial charge in [0.15, 0.2) is 0 Å². The molecule has 4 nitrogen and oxygen atoms in total. The van der Waals surface area contributed by atoms with Crippen LogP contribution in [0.15, 0.2) is 4.99 Å². The van der Waals surface area contributed by atoms with Crippen LogP contribution in [0.25, 0.3) is 0 Å². The lowest BCUT2D eigenvalue weighted by molar-refractivity contribution is -0.0209. The van der Waals surface area contributed by atoms with Gasteiger partial charge < -0.3 is 10.2 Å². The van der Waals surface area contributed by atoms with E-state index in [0.717, 1.165) is 5.84 Å². The van der Waals surface area contributed by atoms with Crippen LogP contribution < -0.4 is 10.9 Å². The highest BCUT2D eigenvalue weighted by Crippen LogP contribution is 2.17. The minimum atomic E-state index is -0.486. The summed E-state index contributed by atoms with van der Waals surface area (Å²) in [4.78, 5) is 4.14. The number of hydrogen-bond donors (Lipinski definition) is 2. The van der Waals surface area contributed by atoms with Gasteiger partial charge in [-0.25, -0.2) is 5.43 Å². The maximum Gasteiger partial charge on any atom is 0.143 e. The summed E-state index contributed by atoms with van der Waals surface area (Å²) in [6.07, 6.45) is -0.0305. The van der Waals surface area contributed by atoms with Crippen molar-refractivity contribution in [1.29, 1.82) is 0 Å². The summed E-state index contributed by atoms with van der Waals surface area (Å²) in [7, 11) is 3.51. The van der Waals surface area contributed by atoms with Crippen molar-refractivity contribution in [3.05, 3.63) is 0 Å². The largest absolute Gasteiger partial charge is 0.363 e. The van der Waals surface area contributed by atoms with Crippen molar-refractivity contribution in [2.24, 2.45) is 4.99 Å². The Morgan fingerprint density at radius 2 is 1.93 bits per heavy atom. The molecule has 0 heterocycles. The number of halogens is 1. The van der Waals surface area contributed by atoms with Crippen LogP contribution in [0.5, 0.6) is 0 Å². The molecule has 15 heavy (non-hydrogen) atoms. The SMILES string of the molecule is CN=C(NNC)C(C)(C)O[C@@H](C)C(C)Cl. The Morgan fingerprint density at radius 3 is 2.27 bits per heavy atom. The Balaban J connectivity index is 4.51. The predicted molar refractivity (Wildman–Crippen MR) is 65.5 cm³/mol. The van der Waals surface area contributed by atoms with Crippen molar-refractivity contribution < 1.29 is 4.74 Å². The van der Waals surface area contributed by atoms with E-state index in [1.165, 1.54) is 0 Å². The molecule has 0 rings (SSSR count). The number of aliphatic imine (C=N–C) groups is 1. The first-order chi connectivity index (χ1) is 6.85. The van der Waals surface area contributed by atoms with Gasteiger partial charge in [0.2, 0.25) is 0 Å². The smallest absolute Gasteiger partial charge is 0.143 e. The summed E-state index contributed by atoms with van der Waals surface area (Å²) in [6, 6.07) is 0. The number of amidine groups is 1. The second-order valence-electron chi connectivity index (χ2n) is 3.96. The van der Waals surface area contributed by atoms with Gasteiger partial charge in [-0.15, -0.1) is 11.6 Å². The van der Waals surface area contributed by atoms with Crippen molar-refractivity contribution in [2.45, 2.75) is 44.8 Å². The highest BCUT2D eigenvalue weighted by molar-refractivity contribution is 6.20. The van der Waals surface area contributed by atoms with Crippen LogP contribution in [0.2, 0.25) is 0 Å².